The highest BCUT2D eigenvalue weighted by Gasteiger charge is 2.34. The van der Waals surface area contributed by atoms with Crippen molar-refractivity contribution in [1.29, 1.82) is 0 Å². The van der Waals surface area contributed by atoms with E-state index in [9.17, 15) is 18.4 Å². The maximum absolute atomic E-state index is 13.8. The first-order valence-electron chi connectivity index (χ1n) is 6.27. The zero-order chi connectivity index (χ0) is 15.1. The van der Waals surface area contributed by atoms with E-state index < -0.39 is 22.8 Å². The van der Waals surface area contributed by atoms with E-state index in [0.717, 1.165) is 12.5 Å². The van der Waals surface area contributed by atoms with Crippen LogP contribution in [0.2, 0.25) is 0 Å². The van der Waals surface area contributed by atoms with Gasteiger partial charge in [0.2, 0.25) is 11.4 Å². The SMILES string of the molecule is CCC1CN(c2noc3c(F)c(F)c(C=O)cc23)C(=O)S1. The molecule has 21 heavy (non-hydrogen) atoms. The minimum absolute atomic E-state index is 0.111. The Morgan fingerprint density at radius 1 is 1.52 bits per heavy atom. The summed E-state index contributed by atoms with van der Waals surface area (Å²) in [6.07, 6.45) is 1.01. The van der Waals surface area contributed by atoms with Crippen molar-refractivity contribution >= 4 is 40.1 Å². The molecule has 0 radical (unpaired) electrons. The fourth-order valence-corrected chi connectivity index (χ4v) is 3.17. The highest BCUT2D eigenvalue weighted by Crippen LogP contribution is 2.36. The molecule has 0 aliphatic carbocycles. The molecule has 0 spiro atoms. The molecular weight excluding hydrogens is 302 g/mol. The fourth-order valence-electron chi connectivity index (χ4n) is 2.21. The number of carbonyl (C=O) groups is 2. The summed E-state index contributed by atoms with van der Waals surface area (Å²) in [4.78, 5) is 24.1. The number of halogens is 2. The van der Waals surface area contributed by atoms with Crippen LogP contribution in [-0.2, 0) is 0 Å². The number of anilines is 1. The molecule has 1 aliphatic heterocycles. The maximum Gasteiger partial charge on any atom is 0.287 e. The van der Waals surface area contributed by atoms with E-state index in [4.69, 9.17) is 4.52 Å². The first-order valence-corrected chi connectivity index (χ1v) is 7.15. The Balaban J connectivity index is 2.14. The Bertz CT molecular complexity index is 747. The molecule has 0 saturated carbocycles. The minimum atomic E-state index is -1.28. The third-order valence-corrected chi connectivity index (χ3v) is 4.60. The number of aldehydes is 1. The van der Waals surface area contributed by atoms with Crippen molar-refractivity contribution in [3.63, 3.8) is 0 Å². The molecule has 1 aromatic carbocycles. The molecule has 1 fully saturated rings. The molecule has 1 saturated heterocycles. The smallest absolute Gasteiger partial charge is 0.287 e. The minimum Gasteiger partial charge on any atom is -0.351 e. The molecule has 2 heterocycles. The van der Waals surface area contributed by atoms with Gasteiger partial charge in [-0.2, -0.15) is 4.39 Å². The number of amides is 1. The second-order valence-electron chi connectivity index (χ2n) is 4.62. The normalized spacial score (nSPS) is 18.7. The Morgan fingerprint density at radius 3 is 2.90 bits per heavy atom. The van der Waals surface area contributed by atoms with Gasteiger partial charge in [0, 0.05) is 11.8 Å². The van der Waals surface area contributed by atoms with E-state index in [-0.39, 0.29) is 28.0 Å². The number of carbonyl (C=O) groups excluding carboxylic acids is 2. The Morgan fingerprint density at radius 2 is 2.29 bits per heavy atom. The summed E-state index contributed by atoms with van der Waals surface area (Å²) in [7, 11) is 0. The lowest BCUT2D eigenvalue weighted by Gasteiger charge is -2.11. The van der Waals surface area contributed by atoms with Crippen molar-refractivity contribution in [3.05, 3.63) is 23.3 Å². The molecule has 1 unspecified atom stereocenters. The van der Waals surface area contributed by atoms with Crippen LogP contribution >= 0.6 is 11.8 Å². The average molecular weight is 312 g/mol. The second kappa shape index (κ2) is 5.10. The van der Waals surface area contributed by atoms with Gasteiger partial charge in [0.15, 0.2) is 17.9 Å². The first-order chi connectivity index (χ1) is 10.1. The average Bonchev–Trinajstić information content (AvgIpc) is 3.05. The van der Waals surface area contributed by atoms with E-state index in [1.165, 1.54) is 16.7 Å². The van der Waals surface area contributed by atoms with Gasteiger partial charge in [-0.15, -0.1) is 0 Å². The van der Waals surface area contributed by atoms with E-state index >= 15 is 0 Å². The third kappa shape index (κ3) is 2.10. The van der Waals surface area contributed by atoms with Crippen molar-refractivity contribution < 1.29 is 22.9 Å². The number of thioether (sulfide) groups is 1. The first kappa shape index (κ1) is 14.0. The number of rotatable bonds is 3. The van der Waals surface area contributed by atoms with Crippen molar-refractivity contribution in [1.82, 2.24) is 5.16 Å². The molecule has 0 bridgehead atoms. The topological polar surface area (TPSA) is 63.4 Å². The fraction of sp³-hybridized carbons (Fsp3) is 0.308. The van der Waals surface area contributed by atoms with Crippen LogP contribution in [0.1, 0.15) is 23.7 Å². The lowest BCUT2D eigenvalue weighted by Crippen LogP contribution is -2.24. The van der Waals surface area contributed by atoms with Crippen LogP contribution < -0.4 is 4.90 Å². The monoisotopic (exact) mass is 312 g/mol. The van der Waals surface area contributed by atoms with Crippen LogP contribution in [0.25, 0.3) is 11.0 Å². The third-order valence-electron chi connectivity index (χ3n) is 3.37. The van der Waals surface area contributed by atoms with Crippen molar-refractivity contribution in [2.24, 2.45) is 0 Å². The van der Waals surface area contributed by atoms with Crippen LogP contribution in [0.15, 0.2) is 10.6 Å². The molecule has 110 valence electrons. The number of hydrogen-bond donors (Lipinski definition) is 0. The van der Waals surface area contributed by atoms with Gasteiger partial charge >= 0.3 is 0 Å². The summed E-state index contributed by atoms with van der Waals surface area (Å²) in [6.45, 7) is 2.37. The zero-order valence-corrected chi connectivity index (χ0v) is 11.7. The maximum atomic E-state index is 13.8. The van der Waals surface area contributed by atoms with Crippen molar-refractivity contribution in [3.8, 4) is 0 Å². The van der Waals surface area contributed by atoms with Crippen molar-refractivity contribution in [2.45, 2.75) is 18.6 Å². The lowest BCUT2D eigenvalue weighted by atomic mass is 10.1. The molecule has 5 nitrogen and oxygen atoms in total. The molecule has 1 amide bonds. The van der Waals surface area contributed by atoms with Crippen LogP contribution in [-0.4, -0.2) is 28.5 Å². The number of aromatic nitrogens is 1. The van der Waals surface area contributed by atoms with Gasteiger partial charge in [0.1, 0.15) is 0 Å². The molecule has 0 N–H and O–H groups in total. The molecule has 1 atom stereocenters. The zero-order valence-electron chi connectivity index (χ0n) is 10.9. The van der Waals surface area contributed by atoms with Gasteiger partial charge in [-0.3, -0.25) is 14.5 Å². The highest BCUT2D eigenvalue weighted by molar-refractivity contribution is 8.14. The van der Waals surface area contributed by atoms with Crippen LogP contribution in [0.5, 0.6) is 0 Å². The summed E-state index contributed by atoms with van der Waals surface area (Å²) in [5.74, 6) is -2.45. The molecule has 3 rings (SSSR count). The predicted molar refractivity (Wildman–Crippen MR) is 73.7 cm³/mol. The summed E-state index contributed by atoms with van der Waals surface area (Å²) < 4.78 is 32.1. The summed E-state index contributed by atoms with van der Waals surface area (Å²) in [5, 5.41) is 3.66. The number of hydrogen-bond acceptors (Lipinski definition) is 5. The van der Waals surface area contributed by atoms with Gasteiger partial charge in [-0.25, -0.2) is 4.39 Å². The quantitative estimate of drug-likeness (QED) is 0.813. The number of nitrogens with zero attached hydrogens (tertiary/aromatic N) is 2. The Hall–Kier alpha value is -1.96. The Labute approximate surface area is 122 Å². The van der Waals surface area contributed by atoms with E-state index in [2.05, 4.69) is 5.16 Å². The van der Waals surface area contributed by atoms with Gasteiger partial charge in [0.25, 0.3) is 5.24 Å². The second-order valence-corrected chi connectivity index (χ2v) is 5.87. The van der Waals surface area contributed by atoms with Gasteiger partial charge in [0.05, 0.1) is 10.9 Å². The van der Waals surface area contributed by atoms with Crippen LogP contribution in [0.3, 0.4) is 0 Å². The highest BCUT2D eigenvalue weighted by atomic mass is 32.2. The van der Waals surface area contributed by atoms with Crippen molar-refractivity contribution in [2.75, 3.05) is 11.4 Å². The van der Waals surface area contributed by atoms with Gasteiger partial charge in [-0.05, 0) is 12.5 Å². The number of benzene rings is 1. The van der Waals surface area contributed by atoms with Gasteiger partial charge < -0.3 is 4.52 Å². The van der Waals surface area contributed by atoms with Gasteiger partial charge in [-0.1, -0.05) is 23.8 Å². The largest absolute Gasteiger partial charge is 0.351 e. The molecule has 1 aromatic heterocycles. The summed E-state index contributed by atoms with van der Waals surface area (Å²) in [6, 6.07) is 1.14. The predicted octanol–water partition coefficient (Wildman–Crippen LogP) is 3.37. The van der Waals surface area contributed by atoms with E-state index in [1.807, 2.05) is 6.92 Å². The number of fused-ring (bicyclic) bond motifs is 1. The van der Waals surface area contributed by atoms with E-state index in [1.54, 1.807) is 0 Å². The van der Waals surface area contributed by atoms with Crippen LogP contribution in [0, 0.1) is 11.6 Å². The summed E-state index contributed by atoms with van der Waals surface area (Å²) in [5.41, 5.74) is -0.832. The lowest BCUT2D eigenvalue weighted by molar-refractivity contribution is 0.111. The molecule has 8 heteroatoms. The standard InChI is InChI=1S/C13H10F2N2O3S/c1-2-7-4-17(13(19)21-7)12-8-3-6(5-18)9(14)10(15)11(8)20-16-12/h3,5,7H,2,4H2,1H3. The van der Waals surface area contributed by atoms with E-state index in [0.29, 0.717) is 6.54 Å². The Kier molecular flexibility index (Phi) is 3.40. The van der Waals surface area contributed by atoms with Crippen LogP contribution in [0.4, 0.5) is 19.4 Å². The summed E-state index contributed by atoms with van der Waals surface area (Å²) >= 11 is 1.17. The molecular formula is C13H10F2N2O3S. The molecule has 2 aromatic rings. The molecule has 1 aliphatic rings.